The summed E-state index contributed by atoms with van der Waals surface area (Å²) in [6.07, 6.45) is 0.359. The highest BCUT2D eigenvalue weighted by Gasteiger charge is 2.50. The Morgan fingerprint density at radius 3 is 2.83 bits per heavy atom. The van der Waals surface area contributed by atoms with E-state index in [4.69, 9.17) is 16.7 Å². The van der Waals surface area contributed by atoms with Crippen molar-refractivity contribution in [2.75, 3.05) is 19.7 Å². The number of hydrogen-bond donors (Lipinski definition) is 3. The second-order valence-corrected chi connectivity index (χ2v) is 5.88. The van der Waals surface area contributed by atoms with E-state index >= 15 is 0 Å². The van der Waals surface area contributed by atoms with Crippen LogP contribution in [-0.4, -0.2) is 52.2 Å². The van der Waals surface area contributed by atoms with Crippen molar-refractivity contribution in [1.29, 1.82) is 0 Å². The van der Waals surface area contributed by atoms with Gasteiger partial charge in [-0.25, -0.2) is 4.39 Å². The number of nitrogens with zero attached hydrogens (tertiary/aromatic N) is 1. The quantitative estimate of drug-likeness (QED) is 0.653. The van der Waals surface area contributed by atoms with Crippen molar-refractivity contribution in [3.8, 4) is 0 Å². The molecule has 2 rings (SSSR count). The van der Waals surface area contributed by atoms with E-state index < -0.39 is 23.2 Å². The van der Waals surface area contributed by atoms with Crippen molar-refractivity contribution >= 4 is 23.4 Å². The monoisotopic (exact) mass is 344 g/mol. The highest BCUT2D eigenvalue weighted by molar-refractivity contribution is 6.30. The minimum Gasteiger partial charge on any atom is -0.396 e. The van der Waals surface area contributed by atoms with E-state index in [9.17, 15) is 19.1 Å². The molecule has 1 saturated heterocycles. The van der Waals surface area contributed by atoms with Crippen LogP contribution in [0.1, 0.15) is 18.4 Å². The van der Waals surface area contributed by atoms with E-state index in [-0.39, 0.29) is 37.7 Å². The molecule has 23 heavy (non-hydrogen) atoms. The molecule has 2 amide bonds. The number of carbonyl (C=O) groups excluding carboxylic acids is 2. The Labute approximate surface area is 137 Å². The van der Waals surface area contributed by atoms with Gasteiger partial charge in [0.05, 0.1) is 0 Å². The lowest BCUT2D eigenvalue weighted by molar-refractivity contribution is -0.154. The molecule has 1 heterocycles. The molecule has 0 aliphatic carbocycles. The number of carbonyl (C=O) groups is 2. The zero-order valence-corrected chi connectivity index (χ0v) is 13.1. The van der Waals surface area contributed by atoms with E-state index in [1.54, 1.807) is 0 Å². The first-order valence-electron chi connectivity index (χ1n) is 7.22. The minimum atomic E-state index is -2.12. The minimum absolute atomic E-state index is 0.0208. The molecule has 1 aliphatic rings. The van der Waals surface area contributed by atoms with Crippen molar-refractivity contribution in [2.45, 2.75) is 25.0 Å². The Hall–Kier alpha value is -1.70. The number of nitrogens with one attached hydrogen (secondary N) is 1. The Morgan fingerprint density at radius 2 is 2.17 bits per heavy atom. The van der Waals surface area contributed by atoms with Gasteiger partial charge in [0.15, 0.2) is 0 Å². The molecule has 0 radical (unpaired) electrons. The number of likely N-dealkylation sites (tertiary alicyclic amines) is 1. The van der Waals surface area contributed by atoms with Crippen LogP contribution < -0.4 is 5.32 Å². The maximum Gasteiger partial charge on any atom is 0.264 e. The molecule has 1 aromatic rings. The van der Waals surface area contributed by atoms with Gasteiger partial charge in [0.2, 0.25) is 5.60 Å². The number of aliphatic hydroxyl groups is 2. The fraction of sp³-hybridized carbons (Fsp3) is 0.467. The van der Waals surface area contributed by atoms with Gasteiger partial charge in [0, 0.05) is 37.7 Å². The zero-order valence-electron chi connectivity index (χ0n) is 12.4. The summed E-state index contributed by atoms with van der Waals surface area (Å²) < 4.78 is 13.2. The summed E-state index contributed by atoms with van der Waals surface area (Å²) in [6.45, 7) is 0.399. The number of rotatable bonds is 6. The van der Waals surface area contributed by atoms with Gasteiger partial charge in [-0.05, 0) is 30.2 Å². The Balaban J connectivity index is 1.98. The normalized spacial score (nSPS) is 20.9. The second-order valence-electron chi connectivity index (χ2n) is 5.44. The van der Waals surface area contributed by atoms with Gasteiger partial charge >= 0.3 is 0 Å². The van der Waals surface area contributed by atoms with E-state index in [1.807, 2.05) is 0 Å². The molecular weight excluding hydrogens is 327 g/mol. The smallest absolute Gasteiger partial charge is 0.264 e. The number of hydrogen-bond acceptors (Lipinski definition) is 4. The van der Waals surface area contributed by atoms with Crippen LogP contribution in [0, 0.1) is 5.82 Å². The van der Waals surface area contributed by atoms with Crippen molar-refractivity contribution in [3.05, 3.63) is 34.6 Å². The average molecular weight is 345 g/mol. The summed E-state index contributed by atoms with van der Waals surface area (Å²) in [5.41, 5.74) is -1.69. The second kappa shape index (κ2) is 7.25. The summed E-state index contributed by atoms with van der Waals surface area (Å²) in [5, 5.41) is 21.7. The standard InChI is InChI=1S/C15H18ClFN2O4/c16-11-6-10(7-12(17)8-11)9-18-13(21)15(23)2-4-19(14(15)22)3-1-5-20/h6-8,20,23H,1-5,9H2,(H,18,21). The van der Waals surface area contributed by atoms with Crippen LogP contribution in [0.3, 0.4) is 0 Å². The van der Waals surface area contributed by atoms with Crippen LogP contribution in [0.4, 0.5) is 4.39 Å². The summed E-state index contributed by atoms with van der Waals surface area (Å²) >= 11 is 5.73. The van der Waals surface area contributed by atoms with Gasteiger partial charge in [0.1, 0.15) is 5.82 Å². The van der Waals surface area contributed by atoms with E-state index in [1.165, 1.54) is 17.0 Å². The fourth-order valence-corrected chi connectivity index (χ4v) is 2.74. The Morgan fingerprint density at radius 1 is 1.43 bits per heavy atom. The summed E-state index contributed by atoms with van der Waals surface area (Å²) in [4.78, 5) is 25.6. The highest BCUT2D eigenvalue weighted by Crippen LogP contribution is 2.24. The lowest BCUT2D eigenvalue weighted by Crippen LogP contribution is -2.52. The third-order valence-corrected chi connectivity index (χ3v) is 3.94. The number of benzene rings is 1. The third kappa shape index (κ3) is 3.99. The SMILES string of the molecule is O=C(NCc1cc(F)cc(Cl)c1)C1(O)CCN(CCCO)C1=O. The Kier molecular flexibility index (Phi) is 5.56. The molecule has 1 aliphatic heterocycles. The first kappa shape index (κ1) is 17.7. The molecule has 1 aromatic carbocycles. The van der Waals surface area contributed by atoms with Crippen molar-refractivity contribution in [2.24, 2.45) is 0 Å². The molecule has 8 heteroatoms. The van der Waals surface area contributed by atoms with Gasteiger partial charge in [-0.3, -0.25) is 9.59 Å². The third-order valence-electron chi connectivity index (χ3n) is 3.72. The molecule has 0 spiro atoms. The predicted octanol–water partition coefficient (Wildman–Crippen LogP) is 0.441. The van der Waals surface area contributed by atoms with E-state index in [0.717, 1.165) is 6.07 Å². The lowest BCUT2D eigenvalue weighted by atomic mass is 10.0. The zero-order chi connectivity index (χ0) is 17.0. The van der Waals surface area contributed by atoms with Gasteiger partial charge in [-0.1, -0.05) is 11.6 Å². The molecule has 3 N–H and O–H groups in total. The summed E-state index contributed by atoms with van der Waals surface area (Å²) in [5.74, 6) is -2.04. The summed E-state index contributed by atoms with van der Waals surface area (Å²) in [7, 11) is 0. The largest absolute Gasteiger partial charge is 0.396 e. The predicted molar refractivity (Wildman–Crippen MR) is 81.1 cm³/mol. The molecule has 1 atom stereocenters. The average Bonchev–Trinajstić information content (AvgIpc) is 2.79. The molecule has 6 nitrogen and oxygen atoms in total. The van der Waals surface area contributed by atoms with E-state index in [0.29, 0.717) is 12.0 Å². The topological polar surface area (TPSA) is 89.9 Å². The number of halogens is 2. The highest BCUT2D eigenvalue weighted by atomic mass is 35.5. The molecule has 0 aromatic heterocycles. The molecule has 1 fully saturated rings. The molecule has 126 valence electrons. The fourth-order valence-electron chi connectivity index (χ4n) is 2.49. The van der Waals surface area contributed by atoms with Crippen LogP contribution in [0.25, 0.3) is 0 Å². The van der Waals surface area contributed by atoms with Crippen LogP contribution in [0.2, 0.25) is 5.02 Å². The lowest BCUT2D eigenvalue weighted by Gasteiger charge is -2.21. The summed E-state index contributed by atoms with van der Waals surface area (Å²) in [6, 6.07) is 3.83. The van der Waals surface area contributed by atoms with Gasteiger partial charge in [-0.15, -0.1) is 0 Å². The Bertz CT molecular complexity index is 593. The van der Waals surface area contributed by atoms with Gasteiger partial charge in [0.25, 0.3) is 11.8 Å². The van der Waals surface area contributed by atoms with Gasteiger partial charge < -0.3 is 20.4 Å². The molecular formula is C15H18ClFN2O4. The van der Waals surface area contributed by atoms with Crippen molar-refractivity contribution < 1.29 is 24.2 Å². The van der Waals surface area contributed by atoms with Crippen molar-refractivity contribution in [3.63, 3.8) is 0 Å². The van der Waals surface area contributed by atoms with Crippen molar-refractivity contribution in [1.82, 2.24) is 10.2 Å². The number of aliphatic hydroxyl groups excluding tert-OH is 1. The van der Waals surface area contributed by atoms with Crippen LogP contribution in [0.15, 0.2) is 18.2 Å². The maximum absolute atomic E-state index is 13.2. The maximum atomic E-state index is 13.2. The van der Waals surface area contributed by atoms with Crippen LogP contribution >= 0.6 is 11.6 Å². The first-order valence-corrected chi connectivity index (χ1v) is 7.60. The molecule has 0 saturated carbocycles. The molecule has 0 bridgehead atoms. The first-order chi connectivity index (χ1) is 10.9. The van der Waals surface area contributed by atoms with E-state index in [2.05, 4.69) is 5.32 Å². The number of amides is 2. The van der Waals surface area contributed by atoms with Crippen LogP contribution in [-0.2, 0) is 16.1 Å². The van der Waals surface area contributed by atoms with Crippen LogP contribution in [0.5, 0.6) is 0 Å². The van der Waals surface area contributed by atoms with Gasteiger partial charge in [-0.2, -0.15) is 0 Å². The molecule has 1 unspecified atom stereocenters.